The third-order valence-electron chi connectivity index (χ3n) is 4.48. The van der Waals surface area contributed by atoms with Gasteiger partial charge in [-0.1, -0.05) is 30.4 Å². The van der Waals surface area contributed by atoms with Crippen molar-refractivity contribution in [2.24, 2.45) is 23.7 Å². The minimum atomic E-state index is -0.104. The van der Waals surface area contributed by atoms with E-state index in [0.29, 0.717) is 5.69 Å². The van der Waals surface area contributed by atoms with E-state index in [1.807, 2.05) is 30.3 Å². The molecule has 2 fully saturated rings. The summed E-state index contributed by atoms with van der Waals surface area (Å²) in [6, 6.07) is 9.26. The lowest BCUT2D eigenvalue weighted by molar-refractivity contribution is -0.123. The summed E-state index contributed by atoms with van der Waals surface area (Å²) in [6.45, 7) is 0. The fourth-order valence-corrected chi connectivity index (χ4v) is 3.73. The van der Waals surface area contributed by atoms with Crippen molar-refractivity contribution < 1.29 is 9.59 Å². The number of carbonyl (C=O) groups excluding carboxylic acids is 2. The zero-order valence-corrected chi connectivity index (χ0v) is 9.82. The highest BCUT2D eigenvalue weighted by atomic mass is 16.2. The summed E-state index contributed by atoms with van der Waals surface area (Å²) < 4.78 is 0. The maximum absolute atomic E-state index is 12.5. The molecule has 3 heteroatoms. The molecule has 90 valence electrons. The van der Waals surface area contributed by atoms with E-state index >= 15 is 0 Å². The molecule has 0 aromatic heterocycles. The largest absolute Gasteiger partial charge is 0.274 e. The van der Waals surface area contributed by atoms with Gasteiger partial charge in [-0.15, -0.1) is 0 Å². The van der Waals surface area contributed by atoms with Crippen LogP contribution < -0.4 is 4.90 Å². The zero-order valence-electron chi connectivity index (χ0n) is 9.82. The first-order valence-electron chi connectivity index (χ1n) is 6.38. The van der Waals surface area contributed by atoms with Crippen LogP contribution >= 0.6 is 0 Å². The quantitative estimate of drug-likeness (QED) is 0.555. The van der Waals surface area contributed by atoms with E-state index in [9.17, 15) is 9.59 Å². The highest BCUT2D eigenvalue weighted by Gasteiger charge is 2.59. The van der Waals surface area contributed by atoms with Crippen molar-refractivity contribution in [1.29, 1.82) is 0 Å². The molecule has 1 heterocycles. The van der Waals surface area contributed by atoms with Crippen LogP contribution in [-0.2, 0) is 9.59 Å². The second kappa shape index (κ2) is 3.31. The van der Waals surface area contributed by atoms with Crippen LogP contribution in [-0.4, -0.2) is 11.8 Å². The second-order valence-corrected chi connectivity index (χ2v) is 5.35. The van der Waals surface area contributed by atoms with Gasteiger partial charge in [0.05, 0.1) is 17.5 Å². The minimum absolute atomic E-state index is 0.00644. The van der Waals surface area contributed by atoms with E-state index in [1.165, 1.54) is 4.90 Å². The standard InChI is InChI=1S/C15H13NO2/c17-14-12-9-6-7-10(8-9)13(12)15(18)16(14)11-4-2-1-3-5-11/h1-7,9-10,12-13H,8H2/t9?,10?,12-,13+. The number of fused-ring (bicyclic) bond motifs is 5. The number of imide groups is 1. The van der Waals surface area contributed by atoms with Crippen LogP contribution in [0.5, 0.6) is 0 Å². The molecule has 1 aliphatic heterocycles. The normalized spacial score (nSPS) is 36.6. The smallest absolute Gasteiger partial charge is 0.238 e. The molecule has 2 bridgehead atoms. The van der Waals surface area contributed by atoms with Gasteiger partial charge in [0.15, 0.2) is 0 Å². The van der Waals surface area contributed by atoms with E-state index in [-0.39, 0.29) is 35.5 Å². The molecular formula is C15H13NO2. The van der Waals surface area contributed by atoms with Gasteiger partial charge in [-0.25, -0.2) is 0 Å². The maximum atomic E-state index is 12.5. The van der Waals surface area contributed by atoms with Crippen LogP contribution in [0.1, 0.15) is 6.42 Å². The average molecular weight is 239 g/mol. The topological polar surface area (TPSA) is 37.4 Å². The van der Waals surface area contributed by atoms with Gasteiger partial charge >= 0.3 is 0 Å². The number of rotatable bonds is 1. The molecule has 1 aromatic carbocycles. The molecule has 0 radical (unpaired) electrons. The molecule has 4 atom stereocenters. The summed E-state index contributed by atoms with van der Waals surface area (Å²) in [5.74, 6) is 0.344. The molecule has 2 amide bonds. The van der Waals surface area contributed by atoms with E-state index < -0.39 is 0 Å². The Labute approximate surface area is 105 Å². The molecule has 2 unspecified atom stereocenters. The number of nitrogens with zero attached hydrogens (tertiary/aromatic N) is 1. The number of hydrogen-bond acceptors (Lipinski definition) is 2. The monoisotopic (exact) mass is 239 g/mol. The SMILES string of the molecule is O=C1[C@@H]2C3C=CC(C3)[C@@H]2C(=O)N1c1ccccc1. The van der Waals surface area contributed by atoms with Gasteiger partial charge in [-0.05, 0) is 30.4 Å². The first-order valence-corrected chi connectivity index (χ1v) is 6.38. The van der Waals surface area contributed by atoms with Gasteiger partial charge in [-0.2, -0.15) is 0 Å². The highest BCUT2D eigenvalue weighted by Crippen LogP contribution is 2.53. The van der Waals surface area contributed by atoms with Crippen LogP contribution in [0.3, 0.4) is 0 Å². The molecule has 3 aliphatic rings. The summed E-state index contributed by atoms with van der Waals surface area (Å²) in [5.41, 5.74) is 0.710. The fraction of sp³-hybridized carbons (Fsp3) is 0.333. The number of allylic oxidation sites excluding steroid dienone is 2. The number of amides is 2. The molecule has 3 nitrogen and oxygen atoms in total. The van der Waals surface area contributed by atoms with Crippen LogP contribution in [0.15, 0.2) is 42.5 Å². The summed E-state index contributed by atoms with van der Waals surface area (Å²) >= 11 is 0. The summed E-state index contributed by atoms with van der Waals surface area (Å²) in [7, 11) is 0. The Balaban J connectivity index is 1.77. The van der Waals surface area contributed by atoms with Crippen molar-refractivity contribution in [3.05, 3.63) is 42.5 Å². The average Bonchev–Trinajstić information content (AvgIpc) is 3.05. The lowest BCUT2D eigenvalue weighted by Gasteiger charge is -2.16. The lowest BCUT2D eigenvalue weighted by Crippen LogP contribution is -2.32. The van der Waals surface area contributed by atoms with Crippen LogP contribution in [0.4, 0.5) is 5.69 Å². The highest BCUT2D eigenvalue weighted by molar-refractivity contribution is 6.22. The number of para-hydroxylation sites is 1. The van der Waals surface area contributed by atoms with Gasteiger partial charge in [0.2, 0.25) is 11.8 Å². The lowest BCUT2D eigenvalue weighted by atomic mass is 9.85. The van der Waals surface area contributed by atoms with Gasteiger partial charge in [0.25, 0.3) is 0 Å². The third-order valence-corrected chi connectivity index (χ3v) is 4.48. The van der Waals surface area contributed by atoms with E-state index in [4.69, 9.17) is 0 Å². The molecule has 1 saturated heterocycles. The minimum Gasteiger partial charge on any atom is -0.274 e. The van der Waals surface area contributed by atoms with Crippen molar-refractivity contribution in [1.82, 2.24) is 0 Å². The second-order valence-electron chi connectivity index (χ2n) is 5.35. The van der Waals surface area contributed by atoms with Crippen molar-refractivity contribution >= 4 is 17.5 Å². The zero-order chi connectivity index (χ0) is 12.3. The molecule has 2 aliphatic carbocycles. The van der Waals surface area contributed by atoms with E-state index in [2.05, 4.69) is 12.2 Å². The number of anilines is 1. The number of benzene rings is 1. The fourth-order valence-electron chi connectivity index (χ4n) is 3.73. The van der Waals surface area contributed by atoms with Gasteiger partial charge in [0.1, 0.15) is 0 Å². The molecule has 1 aromatic rings. The Morgan fingerprint density at radius 2 is 1.44 bits per heavy atom. The first-order chi connectivity index (χ1) is 8.77. The predicted molar refractivity (Wildman–Crippen MR) is 66.7 cm³/mol. The predicted octanol–water partition coefficient (Wildman–Crippen LogP) is 2.00. The van der Waals surface area contributed by atoms with Gasteiger partial charge in [-0.3, -0.25) is 14.5 Å². The number of hydrogen-bond donors (Lipinski definition) is 0. The van der Waals surface area contributed by atoms with E-state index in [1.54, 1.807) is 0 Å². The van der Waals surface area contributed by atoms with Gasteiger partial charge < -0.3 is 0 Å². The Hall–Kier alpha value is -1.90. The Morgan fingerprint density at radius 1 is 0.889 bits per heavy atom. The molecule has 18 heavy (non-hydrogen) atoms. The molecule has 0 spiro atoms. The Morgan fingerprint density at radius 3 is 2.00 bits per heavy atom. The Bertz CT molecular complexity index is 533. The maximum Gasteiger partial charge on any atom is 0.238 e. The van der Waals surface area contributed by atoms with Crippen molar-refractivity contribution in [2.45, 2.75) is 6.42 Å². The van der Waals surface area contributed by atoms with Crippen LogP contribution in [0, 0.1) is 23.7 Å². The Kier molecular flexibility index (Phi) is 1.85. The van der Waals surface area contributed by atoms with Crippen molar-refractivity contribution in [3.8, 4) is 0 Å². The number of carbonyl (C=O) groups is 2. The molecule has 4 rings (SSSR count). The van der Waals surface area contributed by atoms with Crippen molar-refractivity contribution in [2.75, 3.05) is 4.90 Å². The molecule has 0 N–H and O–H groups in total. The summed E-state index contributed by atoms with van der Waals surface area (Å²) in [4.78, 5) is 26.3. The van der Waals surface area contributed by atoms with Crippen LogP contribution in [0.25, 0.3) is 0 Å². The first kappa shape index (κ1) is 10.1. The van der Waals surface area contributed by atoms with Crippen molar-refractivity contribution in [3.63, 3.8) is 0 Å². The van der Waals surface area contributed by atoms with E-state index in [0.717, 1.165) is 6.42 Å². The summed E-state index contributed by atoms with van der Waals surface area (Å²) in [5, 5.41) is 0. The molecule has 1 saturated carbocycles. The van der Waals surface area contributed by atoms with Crippen LogP contribution in [0.2, 0.25) is 0 Å². The third kappa shape index (κ3) is 1.09. The van der Waals surface area contributed by atoms with Gasteiger partial charge in [0, 0.05) is 0 Å². The molecular weight excluding hydrogens is 226 g/mol. The summed E-state index contributed by atoms with van der Waals surface area (Å²) in [6.07, 6.45) is 5.21.